The van der Waals surface area contributed by atoms with E-state index < -0.39 is 9.85 Å². The third kappa shape index (κ3) is 38.6. The quantitative estimate of drug-likeness (QED) is 0.429. The first-order chi connectivity index (χ1) is 7.67. The average Bonchev–Trinajstić information content (AvgIpc) is 2.73. The van der Waals surface area contributed by atoms with Gasteiger partial charge in [0, 0.05) is 0 Å². The molecule has 0 heterocycles. The minimum atomic E-state index is -1.37. The molecule has 3 nitrogen and oxygen atoms in total. The van der Waals surface area contributed by atoms with Gasteiger partial charge in [0.15, 0.2) is 9.85 Å². The monoisotopic (exact) mass is 335 g/mol. The molecule has 0 atom stereocenters. The van der Waals surface area contributed by atoms with Crippen LogP contribution in [0.1, 0.15) is 20.8 Å². The SMILES string of the molecule is CC[NH-].CC[NH-].CC[NH-].F[SiH2][c-]1cccc1.[Zr+4]. The van der Waals surface area contributed by atoms with Crippen LogP contribution in [-0.2, 0) is 26.2 Å². The second-order valence-electron chi connectivity index (χ2n) is 2.49. The summed E-state index contributed by atoms with van der Waals surface area (Å²) >= 11 is 0. The Hall–Kier alpha value is 0.260. The fraction of sp³-hybridized carbons (Fsp3) is 0.545. The zero-order valence-electron chi connectivity index (χ0n) is 11.0. The van der Waals surface area contributed by atoms with E-state index in [1.807, 2.05) is 24.3 Å². The van der Waals surface area contributed by atoms with E-state index >= 15 is 0 Å². The predicted octanol–water partition coefficient (Wildman–Crippen LogP) is 3.26. The van der Waals surface area contributed by atoms with Crippen LogP contribution < -0.4 is 5.19 Å². The Morgan fingerprint density at radius 3 is 1.29 bits per heavy atom. The van der Waals surface area contributed by atoms with Crippen molar-refractivity contribution in [1.29, 1.82) is 0 Å². The molecule has 0 bridgehead atoms. The summed E-state index contributed by atoms with van der Waals surface area (Å²) in [5.74, 6) is 0. The van der Waals surface area contributed by atoms with Crippen LogP contribution in [0.4, 0.5) is 4.11 Å². The first kappa shape index (κ1) is 26.0. The van der Waals surface area contributed by atoms with E-state index in [2.05, 4.69) is 0 Å². The maximum Gasteiger partial charge on any atom is 4.00 e. The fourth-order valence-electron chi connectivity index (χ4n) is 0.503. The Labute approximate surface area is 127 Å². The summed E-state index contributed by atoms with van der Waals surface area (Å²) in [6.07, 6.45) is 0. The third-order valence-electron chi connectivity index (χ3n) is 0.886. The summed E-state index contributed by atoms with van der Waals surface area (Å²) in [4.78, 5) is 0. The van der Waals surface area contributed by atoms with E-state index in [4.69, 9.17) is 17.2 Å². The Morgan fingerprint density at radius 2 is 1.18 bits per heavy atom. The van der Waals surface area contributed by atoms with Gasteiger partial charge in [-0.15, -0.1) is 5.19 Å². The van der Waals surface area contributed by atoms with Crippen LogP contribution in [0.15, 0.2) is 24.3 Å². The molecular formula is C11H24FN3SiZr. The summed E-state index contributed by atoms with van der Waals surface area (Å²) in [5.41, 5.74) is 18.6. The average molecular weight is 337 g/mol. The standard InChI is InChI=1S/C5H6FSi.3C2H6N.Zr/c6-7-5-3-1-2-4-5;3*1-2-3;/h1-4H,7H2;3*3H,2H2,1H3;/q4*-1;+4. The maximum atomic E-state index is 11.7. The normalized spacial score (nSPS) is 7.71. The molecule has 98 valence electrons. The van der Waals surface area contributed by atoms with E-state index in [1.165, 1.54) is 0 Å². The van der Waals surface area contributed by atoms with Gasteiger partial charge in [0.2, 0.25) is 0 Å². The van der Waals surface area contributed by atoms with Crippen LogP contribution >= 0.6 is 0 Å². The van der Waals surface area contributed by atoms with Crippen molar-refractivity contribution in [1.82, 2.24) is 0 Å². The number of halogens is 1. The van der Waals surface area contributed by atoms with Gasteiger partial charge in [0.05, 0.1) is 0 Å². The number of rotatable bonds is 1. The number of nitrogens with one attached hydrogen (secondary N) is 3. The van der Waals surface area contributed by atoms with Crippen molar-refractivity contribution < 1.29 is 30.3 Å². The third-order valence-corrected chi connectivity index (χ3v) is 1.67. The van der Waals surface area contributed by atoms with Gasteiger partial charge in [-0.1, -0.05) is 20.8 Å². The molecule has 0 fully saturated rings. The van der Waals surface area contributed by atoms with Crippen molar-refractivity contribution in [2.45, 2.75) is 20.8 Å². The molecule has 17 heavy (non-hydrogen) atoms. The molecule has 1 aromatic carbocycles. The van der Waals surface area contributed by atoms with E-state index in [0.29, 0.717) is 19.6 Å². The van der Waals surface area contributed by atoms with Crippen molar-refractivity contribution in [2.75, 3.05) is 19.6 Å². The largest absolute Gasteiger partial charge is 4.00 e. The summed E-state index contributed by atoms with van der Waals surface area (Å²) in [7, 11) is -1.37. The molecule has 0 spiro atoms. The molecule has 0 aliphatic rings. The van der Waals surface area contributed by atoms with Gasteiger partial charge in [-0.25, -0.2) is 12.1 Å². The summed E-state index contributed by atoms with van der Waals surface area (Å²) in [5, 5.41) is 0.903. The Bertz CT molecular complexity index is 170. The predicted molar refractivity (Wildman–Crippen MR) is 75.9 cm³/mol. The van der Waals surface area contributed by atoms with Crippen LogP contribution in [0.5, 0.6) is 0 Å². The van der Waals surface area contributed by atoms with E-state index in [-0.39, 0.29) is 26.2 Å². The molecule has 0 aliphatic carbocycles. The zero-order valence-corrected chi connectivity index (χ0v) is 14.9. The van der Waals surface area contributed by atoms with Crippen LogP contribution in [0.2, 0.25) is 0 Å². The Morgan fingerprint density at radius 1 is 0.941 bits per heavy atom. The van der Waals surface area contributed by atoms with E-state index in [9.17, 15) is 4.11 Å². The van der Waals surface area contributed by atoms with Gasteiger partial charge in [-0.3, -0.25) is 0 Å². The van der Waals surface area contributed by atoms with Crippen LogP contribution in [-0.4, -0.2) is 29.5 Å². The maximum absolute atomic E-state index is 11.7. The Kier molecular flexibility index (Phi) is 45.6. The first-order valence-electron chi connectivity index (χ1n) is 5.38. The molecule has 1 rings (SSSR count). The topological polar surface area (TPSA) is 71.4 Å². The number of hydrogen-bond acceptors (Lipinski definition) is 0. The molecule has 0 amide bonds. The van der Waals surface area contributed by atoms with Crippen molar-refractivity contribution in [3.05, 3.63) is 41.5 Å². The molecule has 0 saturated carbocycles. The van der Waals surface area contributed by atoms with Gasteiger partial charge in [-0.05, 0) is 0 Å². The summed E-state index contributed by atoms with van der Waals surface area (Å²) in [6, 6.07) is 7.38. The van der Waals surface area contributed by atoms with Crippen molar-refractivity contribution in [3.8, 4) is 0 Å². The molecule has 6 heteroatoms. The molecule has 0 radical (unpaired) electrons. The van der Waals surface area contributed by atoms with Gasteiger partial charge >= 0.3 is 26.2 Å². The zero-order chi connectivity index (χ0) is 13.2. The molecule has 0 saturated heterocycles. The number of hydrogen-bond donors (Lipinski definition) is 0. The molecule has 1 aromatic rings. The molecule has 0 unspecified atom stereocenters. The van der Waals surface area contributed by atoms with Gasteiger partial charge in [-0.2, -0.15) is 31.8 Å². The van der Waals surface area contributed by atoms with Gasteiger partial charge in [0.1, 0.15) is 0 Å². The van der Waals surface area contributed by atoms with Gasteiger partial charge in [0.25, 0.3) is 0 Å². The summed E-state index contributed by atoms with van der Waals surface area (Å²) in [6.45, 7) is 6.88. The Balaban J connectivity index is -0.0000000734. The molecular weight excluding hydrogens is 312 g/mol. The van der Waals surface area contributed by atoms with Gasteiger partial charge < -0.3 is 21.3 Å². The van der Waals surface area contributed by atoms with Crippen molar-refractivity contribution in [3.63, 3.8) is 0 Å². The van der Waals surface area contributed by atoms with Crippen LogP contribution in [0.25, 0.3) is 17.2 Å². The minimum Gasteiger partial charge on any atom is -0.678 e. The molecule has 3 N–H and O–H groups in total. The summed E-state index contributed by atoms with van der Waals surface area (Å²) < 4.78 is 11.7. The van der Waals surface area contributed by atoms with Crippen molar-refractivity contribution >= 4 is 15.0 Å². The van der Waals surface area contributed by atoms with E-state index in [0.717, 1.165) is 5.19 Å². The first-order valence-corrected chi connectivity index (χ1v) is 6.62. The molecule has 0 aliphatic heterocycles. The van der Waals surface area contributed by atoms with Crippen LogP contribution in [0, 0.1) is 0 Å². The second kappa shape index (κ2) is 29.9. The minimum absolute atomic E-state index is 0. The van der Waals surface area contributed by atoms with E-state index in [1.54, 1.807) is 20.8 Å². The fourth-order valence-corrected chi connectivity index (χ4v) is 0.953. The smallest absolute Gasteiger partial charge is 0.678 e. The van der Waals surface area contributed by atoms with Crippen molar-refractivity contribution in [2.24, 2.45) is 0 Å². The molecule has 0 aromatic heterocycles. The second-order valence-corrected chi connectivity index (χ2v) is 3.57. The van der Waals surface area contributed by atoms with Crippen LogP contribution in [0.3, 0.4) is 0 Å².